The van der Waals surface area contributed by atoms with Crippen molar-refractivity contribution in [1.82, 2.24) is 15.1 Å². The Kier molecular flexibility index (Phi) is 5.83. The highest BCUT2D eigenvalue weighted by Crippen LogP contribution is 2.12. The molecule has 0 amide bonds. The van der Waals surface area contributed by atoms with Gasteiger partial charge in [0.1, 0.15) is 0 Å². The molecule has 0 aliphatic carbocycles. The fraction of sp³-hybridized carbons (Fsp3) is 0.158. The number of aromatic nitrogens is 2. The minimum atomic E-state index is 0.587. The van der Waals surface area contributed by atoms with Crippen molar-refractivity contribution < 1.29 is 0 Å². The van der Waals surface area contributed by atoms with Crippen molar-refractivity contribution in [2.45, 2.75) is 20.0 Å². The van der Waals surface area contributed by atoms with Crippen LogP contribution in [-0.4, -0.2) is 14.9 Å². The number of hydrogen-bond acceptors (Lipinski definition) is 2. The molecule has 4 nitrogen and oxygen atoms in total. The number of rotatable bonds is 5. The van der Waals surface area contributed by atoms with Crippen LogP contribution in [0, 0.1) is 6.92 Å². The Morgan fingerprint density at radius 1 is 1.08 bits per heavy atom. The first-order valence-corrected chi connectivity index (χ1v) is 9.16. The molecule has 0 unspecified atom stereocenters. The van der Waals surface area contributed by atoms with E-state index in [1.54, 1.807) is 6.20 Å². The molecule has 2 aromatic carbocycles. The molecule has 0 saturated carbocycles. The van der Waals surface area contributed by atoms with Crippen LogP contribution in [0.5, 0.6) is 0 Å². The standard InChI is InChI=1S/C19H19BrN4S/c1-14-2-4-15(5-3-14)10-21-19(25)23-18-11-22-24(13-18)12-16-6-8-17(20)9-7-16/h2-9,11,13H,10,12H2,1H3,(H2,21,23,25). The molecule has 128 valence electrons. The van der Waals surface area contributed by atoms with E-state index >= 15 is 0 Å². The van der Waals surface area contributed by atoms with E-state index in [0.29, 0.717) is 11.7 Å². The zero-order valence-electron chi connectivity index (χ0n) is 13.9. The number of anilines is 1. The molecular formula is C19H19BrN4S. The van der Waals surface area contributed by atoms with Crippen LogP contribution in [0.3, 0.4) is 0 Å². The lowest BCUT2D eigenvalue weighted by molar-refractivity contribution is 0.687. The van der Waals surface area contributed by atoms with Crippen LogP contribution in [0.25, 0.3) is 0 Å². The summed E-state index contributed by atoms with van der Waals surface area (Å²) in [7, 11) is 0. The smallest absolute Gasteiger partial charge is 0.171 e. The van der Waals surface area contributed by atoms with Gasteiger partial charge in [-0.05, 0) is 42.4 Å². The summed E-state index contributed by atoms with van der Waals surface area (Å²) in [5.41, 5.74) is 4.51. The molecule has 0 atom stereocenters. The van der Waals surface area contributed by atoms with E-state index in [0.717, 1.165) is 16.7 Å². The van der Waals surface area contributed by atoms with Gasteiger partial charge < -0.3 is 10.6 Å². The third-order valence-electron chi connectivity index (χ3n) is 3.72. The van der Waals surface area contributed by atoms with Crippen LogP contribution in [-0.2, 0) is 13.1 Å². The van der Waals surface area contributed by atoms with Crippen molar-refractivity contribution in [2.24, 2.45) is 0 Å². The Balaban J connectivity index is 1.51. The Morgan fingerprint density at radius 3 is 2.48 bits per heavy atom. The van der Waals surface area contributed by atoms with Gasteiger partial charge in [0.25, 0.3) is 0 Å². The highest BCUT2D eigenvalue weighted by Gasteiger charge is 2.03. The van der Waals surface area contributed by atoms with Gasteiger partial charge >= 0.3 is 0 Å². The Morgan fingerprint density at radius 2 is 1.76 bits per heavy atom. The van der Waals surface area contributed by atoms with Crippen molar-refractivity contribution in [2.75, 3.05) is 5.32 Å². The summed E-state index contributed by atoms with van der Waals surface area (Å²) in [4.78, 5) is 0. The van der Waals surface area contributed by atoms with Crippen LogP contribution in [0.4, 0.5) is 5.69 Å². The Labute approximate surface area is 161 Å². The summed E-state index contributed by atoms with van der Waals surface area (Å²) in [5.74, 6) is 0. The maximum Gasteiger partial charge on any atom is 0.171 e. The highest BCUT2D eigenvalue weighted by molar-refractivity contribution is 9.10. The van der Waals surface area contributed by atoms with Crippen LogP contribution >= 0.6 is 28.1 Å². The average Bonchev–Trinajstić information content (AvgIpc) is 3.03. The van der Waals surface area contributed by atoms with Crippen LogP contribution in [0.1, 0.15) is 16.7 Å². The lowest BCUT2D eigenvalue weighted by Crippen LogP contribution is -2.27. The van der Waals surface area contributed by atoms with Gasteiger partial charge in [0.15, 0.2) is 5.11 Å². The van der Waals surface area contributed by atoms with Gasteiger partial charge in [-0.3, -0.25) is 4.68 Å². The van der Waals surface area contributed by atoms with E-state index in [1.165, 1.54) is 16.7 Å². The second-order valence-corrected chi connectivity index (χ2v) is 7.17. The molecule has 0 saturated heterocycles. The van der Waals surface area contributed by atoms with Gasteiger partial charge in [-0.1, -0.05) is 57.9 Å². The molecule has 3 aromatic rings. The molecule has 0 fully saturated rings. The van der Waals surface area contributed by atoms with E-state index in [9.17, 15) is 0 Å². The number of thiocarbonyl (C=S) groups is 1. The maximum absolute atomic E-state index is 5.35. The van der Waals surface area contributed by atoms with Crippen LogP contribution in [0.2, 0.25) is 0 Å². The minimum Gasteiger partial charge on any atom is -0.358 e. The van der Waals surface area contributed by atoms with Gasteiger partial charge in [-0.2, -0.15) is 5.10 Å². The van der Waals surface area contributed by atoms with Crippen LogP contribution in [0.15, 0.2) is 65.4 Å². The van der Waals surface area contributed by atoms with Gasteiger partial charge in [-0.15, -0.1) is 0 Å². The van der Waals surface area contributed by atoms with Gasteiger partial charge in [-0.25, -0.2) is 0 Å². The predicted octanol–water partition coefficient (Wildman–Crippen LogP) is 4.49. The number of halogens is 1. The van der Waals surface area contributed by atoms with Crippen molar-refractivity contribution >= 4 is 38.9 Å². The van der Waals surface area contributed by atoms with E-state index in [2.05, 4.69) is 75.0 Å². The topological polar surface area (TPSA) is 41.9 Å². The third-order valence-corrected chi connectivity index (χ3v) is 4.50. The molecule has 0 spiro atoms. The molecule has 1 heterocycles. The van der Waals surface area contributed by atoms with Crippen LogP contribution < -0.4 is 10.6 Å². The summed E-state index contributed by atoms with van der Waals surface area (Å²) in [5, 5.41) is 11.3. The molecule has 0 bridgehead atoms. The molecular weight excluding hydrogens is 396 g/mol. The van der Waals surface area contributed by atoms with Crippen molar-refractivity contribution in [1.29, 1.82) is 0 Å². The quantitative estimate of drug-likeness (QED) is 0.603. The molecule has 0 aliphatic rings. The summed E-state index contributed by atoms with van der Waals surface area (Å²) in [6.07, 6.45) is 3.72. The Bertz CT molecular complexity index is 841. The average molecular weight is 415 g/mol. The minimum absolute atomic E-state index is 0.587. The number of nitrogens with zero attached hydrogens (tertiary/aromatic N) is 2. The van der Waals surface area contributed by atoms with E-state index in [-0.39, 0.29) is 0 Å². The van der Waals surface area contributed by atoms with E-state index in [4.69, 9.17) is 12.2 Å². The second kappa shape index (κ2) is 8.27. The molecule has 0 radical (unpaired) electrons. The molecule has 1 aromatic heterocycles. The number of aryl methyl sites for hydroxylation is 1. The lowest BCUT2D eigenvalue weighted by Gasteiger charge is -2.09. The number of hydrogen-bond donors (Lipinski definition) is 2. The summed E-state index contributed by atoms with van der Waals surface area (Å²) < 4.78 is 2.96. The first kappa shape index (κ1) is 17.6. The maximum atomic E-state index is 5.35. The van der Waals surface area contributed by atoms with Gasteiger partial charge in [0.05, 0.1) is 18.4 Å². The van der Waals surface area contributed by atoms with Gasteiger partial charge in [0, 0.05) is 17.2 Å². The molecule has 3 rings (SSSR count). The van der Waals surface area contributed by atoms with Gasteiger partial charge in [0.2, 0.25) is 0 Å². The fourth-order valence-corrected chi connectivity index (χ4v) is 2.81. The zero-order chi connectivity index (χ0) is 17.6. The monoisotopic (exact) mass is 414 g/mol. The highest BCUT2D eigenvalue weighted by atomic mass is 79.9. The fourth-order valence-electron chi connectivity index (χ4n) is 2.36. The number of benzene rings is 2. The third kappa shape index (κ3) is 5.41. The summed E-state index contributed by atoms with van der Waals surface area (Å²) in [6, 6.07) is 16.6. The summed E-state index contributed by atoms with van der Waals surface area (Å²) >= 11 is 8.79. The lowest BCUT2D eigenvalue weighted by atomic mass is 10.1. The van der Waals surface area contributed by atoms with Crippen molar-refractivity contribution in [3.8, 4) is 0 Å². The molecule has 2 N–H and O–H groups in total. The molecule has 25 heavy (non-hydrogen) atoms. The van der Waals surface area contributed by atoms with E-state index in [1.807, 2.05) is 23.0 Å². The molecule has 6 heteroatoms. The van der Waals surface area contributed by atoms with Crippen molar-refractivity contribution in [3.05, 3.63) is 82.1 Å². The predicted molar refractivity (Wildman–Crippen MR) is 110 cm³/mol. The zero-order valence-corrected chi connectivity index (χ0v) is 16.3. The molecule has 0 aliphatic heterocycles. The second-order valence-electron chi connectivity index (χ2n) is 5.85. The Hall–Kier alpha value is -2.18. The van der Waals surface area contributed by atoms with E-state index < -0.39 is 0 Å². The largest absolute Gasteiger partial charge is 0.358 e. The normalized spacial score (nSPS) is 10.5. The first-order valence-electron chi connectivity index (χ1n) is 7.96. The SMILES string of the molecule is Cc1ccc(CNC(=S)Nc2cnn(Cc3ccc(Br)cc3)c2)cc1. The van der Waals surface area contributed by atoms with Crippen molar-refractivity contribution in [3.63, 3.8) is 0 Å². The first-order chi connectivity index (χ1) is 12.1. The number of nitrogens with one attached hydrogen (secondary N) is 2. The summed E-state index contributed by atoms with van der Waals surface area (Å²) in [6.45, 7) is 3.49.